The summed E-state index contributed by atoms with van der Waals surface area (Å²) in [4.78, 5) is 34.8. The zero-order chi connectivity index (χ0) is 23.5. The monoisotopic (exact) mass is 491 g/mol. The van der Waals surface area contributed by atoms with Gasteiger partial charge in [-0.25, -0.2) is 9.78 Å². The molecule has 3 heterocycles. The number of benzene rings is 2. The van der Waals surface area contributed by atoms with Crippen molar-refractivity contribution in [1.82, 2.24) is 14.5 Å². The standard InChI is InChI=1S/C26H25N3O3S2/c1-32-26(31)33-17-22-27-24-23(25(30)29(22)15-19-10-6-3-7-11-19)20-12-13-28(16-21(20)34-24)14-18-8-4-2-5-9-18/h2-11H,12-17H2,1H3. The van der Waals surface area contributed by atoms with E-state index in [0.29, 0.717) is 12.4 Å². The van der Waals surface area contributed by atoms with E-state index in [-0.39, 0.29) is 16.6 Å². The molecule has 4 aromatic rings. The van der Waals surface area contributed by atoms with Gasteiger partial charge in [0.15, 0.2) is 0 Å². The molecule has 6 nitrogen and oxygen atoms in total. The SMILES string of the molecule is COC(=O)SCc1nc2sc3c(c2c(=O)n1Cc1ccccc1)CCN(Cc1ccccc1)C3. The lowest BCUT2D eigenvalue weighted by Crippen LogP contribution is -2.30. The lowest BCUT2D eigenvalue weighted by atomic mass is 10.0. The molecule has 34 heavy (non-hydrogen) atoms. The highest BCUT2D eigenvalue weighted by molar-refractivity contribution is 8.12. The molecule has 174 valence electrons. The minimum atomic E-state index is -0.386. The number of thiophene rings is 1. The molecule has 0 amide bonds. The van der Waals surface area contributed by atoms with Crippen LogP contribution in [0.1, 0.15) is 27.4 Å². The molecule has 0 spiro atoms. The fourth-order valence-electron chi connectivity index (χ4n) is 4.37. The van der Waals surface area contributed by atoms with Crippen molar-refractivity contribution < 1.29 is 9.53 Å². The molecule has 5 rings (SSSR count). The topological polar surface area (TPSA) is 64.4 Å². The largest absolute Gasteiger partial charge is 0.461 e. The zero-order valence-corrected chi connectivity index (χ0v) is 20.5. The molecule has 0 fully saturated rings. The average Bonchev–Trinajstić information content (AvgIpc) is 3.23. The molecular formula is C26H25N3O3S2. The number of thioether (sulfide) groups is 1. The third-order valence-electron chi connectivity index (χ3n) is 6.04. The summed E-state index contributed by atoms with van der Waals surface area (Å²) in [5.74, 6) is 0.879. The van der Waals surface area contributed by atoms with Crippen LogP contribution in [-0.2, 0) is 36.5 Å². The highest BCUT2D eigenvalue weighted by Crippen LogP contribution is 2.33. The van der Waals surface area contributed by atoms with Gasteiger partial charge >= 0.3 is 5.30 Å². The van der Waals surface area contributed by atoms with Gasteiger partial charge in [-0.2, -0.15) is 0 Å². The van der Waals surface area contributed by atoms with Crippen LogP contribution >= 0.6 is 23.1 Å². The molecule has 0 aliphatic carbocycles. The molecule has 1 aliphatic rings. The molecule has 0 atom stereocenters. The predicted octanol–water partition coefficient (Wildman–Crippen LogP) is 5.06. The van der Waals surface area contributed by atoms with Crippen LogP contribution in [0.4, 0.5) is 4.79 Å². The van der Waals surface area contributed by atoms with Crippen molar-refractivity contribution in [3.8, 4) is 0 Å². The molecule has 0 bridgehead atoms. The second-order valence-electron chi connectivity index (χ2n) is 8.28. The van der Waals surface area contributed by atoms with Crippen LogP contribution in [0.2, 0.25) is 0 Å². The van der Waals surface area contributed by atoms with Crippen molar-refractivity contribution >= 4 is 38.6 Å². The van der Waals surface area contributed by atoms with Crippen LogP contribution in [0.15, 0.2) is 65.5 Å². The number of rotatable bonds is 6. The zero-order valence-electron chi connectivity index (χ0n) is 18.9. The Balaban J connectivity index is 1.51. The van der Waals surface area contributed by atoms with Crippen LogP contribution in [0.3, 0.4) is 0 Å². The van der Waals surface area contributed by atoms with Gasteiger partial charge in [-0.1, -0.05) is 60.7 Å². The Morgan fingerprint density at radius 2 is 1.74 bits per heavy atom. The maximum atomic E-state index is 13.8. The fourth-order valence-corrected chi connectivity index (χ4v) is 6.23. The Bertz CT molecular complexity index is 1370. The second-order valence-corrected chi connectivity index (χ2v) is 10.3. The van der Waals surface area contributed by atoms with Crippen molar-refractivity contribution in [2.24, 2.45) is 0 Å². The first-order chi connectivity index (χ1) is 16.6. The summed E-state index contributed by atoms with van der Waals surface area (Å²) in [6.45, 7) is 3.03. The highest BCUT2D eigenvalue weighted by Gasteiger charge is 2.25. The van der Waals surface area contributed by atoms with E-state index in [4.69, 9.17) is 9.72 Å². The van der Waals surface area contributed by atoms with Gasteiger partial charge < -0.3 is 4.74 Å². The van der Waals surface area contributed by atoms with Gasteiger partial charge in [0.25, 0.3) is 5.56 Å². The van der Waals surface area contributed by atoms with Crippen molar-refractivity contribution in [1.29, 1.82) is 0 Å². The lowest BCUT2D eigenvalue weighted by molar-refractivity contribution is 0.200. The van der Waals surface area contributed by atoms with E-state index in [1.807, 2.05) is 36.4 Å². The first-order valence-corrected chi connectivity index (χ1v) is 13.0. The van der Waals surface area contributed by atoms with E-state index in [9.17, 15) is 9.59 Å². The summed E-state index contributed by atoms with van der Waals surface area (Å²) in [5, 5.41) is 0.352. The van der Waals surface area contributed by atoms with Crippen molar-refractivity contribution in [2.75, 3.05) is 13.7 Å². The molecule has 0 saturated carbocycles. The van der Waals surface area contributed by atoms with Crippen molar-refractivity contribution in [2.45, 2.75) is 31.8 Å². The maximum Gasteiger partial charge on any atom is 0.367 e. The molecule has 0 saturated heterocycles. The number of nitrogens with zero attached hydrogens (tertiary/aromatic N) is 3. The fraction of sp³-hybridized carbons (Fsp3) is 0.269. The predicted molar refractivity (Wildman–Crippen MR) is 137 cm³/mol. The first kappa shape index (κ1) is 22.8. The number of ether oxygens (including phenoxy) is 1. The molecule has 8 heteroatoms. The third kappa shape index (κ3) is 4.80. The first-order valence-electron chi connectivity index (χ1n) is 11.2. The minimum absolute atomic E-state index is 0.0247. The summed E-state index contributed by atoms with van der Waals surface area (Å²) in [6, 6.07) is 20.3. The highest BCUT2D eigenvalue weighted by atomic mass is 32.2. The maximum absolute atomic E-state index is 13.8. The van der Waals surface area contributed by atoms with Gasteiger partial charge in [-0.3, -0.25) is 14.3 Å². The number of hydrogen-bond acceptors (Lipinski definition) is 7. The lowest BCUT2D eigenvalue weighted by Gasteiger charge is -2.26. The van der Waals surface area contributed by atoms with Crippen LogP contribution in [0, 0.1) is 0 Å². The number of carbonyl (C=O) groups excluding carboxylic acids is 1. The molecule has 2 aromatic heterocycles. The normalized spacial score (nSPS) is 13.7. The van der Waals surface area contributed by atoms with Crippen LogP contribution in [0.25, 0.3) is 10.2 Å². The smallest absolute Gasteiger partial charge is 0.367 e. The summed E-state index contributed by atoms with van der Waals surface area (Å²) in [7, 11) is 1.36. The number of hydrogen-bond donors (Lipinski definition) is 0. The average molecular weight is 492 g/mol. The van der Waals surface area contributed by atoms with E-state index in [1.165, 1.54) is 17.6 Å². The third-order valence-corrected chi connectivity index (χ3v) is 7.95. The van der Waals surface area contributed by atoms with E-state index < -0.39 is 0 Å². The van der Waals surface area contributed by atoms with Gasteiger partial charge in [0, 0.05) is 24.5 Å². The quantitative estimate of drug-likeness (QED) is 0.351. The van der Waals surface area contributed by atoms with Gasteiger partial charge in [0.1, 0.15) is 10.7 Å². The summed E-state index contributed by atoms with van der Waals surface area (Å²) < 4.78 is 6.50. The molecule has 0 N–H and O–H groups in total. The Morgan fingerprint density at radius 3 is 2.41 bits per heavy atom. The van der Waals surface area contributed by atoms with E-state index in [1.54, 1.807) is 15.9 Å². The van der Waals surface area contributed by atoms with Crippen LogP contribution < -0.4 is 5.56 Å². The summed E-state index contributed by atoms with van der Waals surface area (Å²) >= 11 is 2.63. The Hall–Kier alpha value is -2.94. The van der Waals surface area contributed by atoms with Crippen LogP contribution in [0.5, 0.6) is 0 Å². The van der Waals surface area contributed by atoms with E-state index in [0.717, 1.165) is 59.2 Å². The van der Waals surface area contributed by atoms with E-state index in [2.05, 4.69) is 29.2 Å². The van der Waals surface area contributed by atoms with Gasteiger partial charge in [-0.15, -0.1) is 11.3 Å². The van der Waals surface area contributed by atoms with Gasteiger partial charge in [0.05, 0.1) is 24.8 Å². The number of carbonyl (C=O) groups is 1. The van der Waals surface area contributed by atoms with Crippen LogP contribution in [-0.4, -0.2) is 33.4 Å². The van der Waals surface area contributed by atoms with Crippen molar-refractivity contribution in [3.05, 3.63) is 98.4 Å². The Morgan fingerprint density at radius 1 is 1.06 bits per heavy atom. The molecule has 0 unspecified atom stereocenters. The molecule has 1 aliphatic heterocycles. The Labute approximate surface area is 206 Å². The summed E-state index contributed by atoms with van der Waals surface area (Å²) in [6.07, 6.45) is 0.834. The number of methoxy groups -OCH3 is 1. The Kier molecular flexibility index (Phi) is 6.80. The number of aromatic nitrogens is 2. The van der Waals surface area contributed by atoms with Gasteiger partial charge in [-0.05, 0) is 34.9 Å². The number of fused-ring (bicyclic) bond motifs is 3. The van der Waals surface area contributed by atoms with Crippen molar-refractivity contribution in [3.63, 3.8) is 0 Å². The molecule has 0 radical (unpaired) electrons. The molecule has 2 aromatic carbocycles. The molecular weight excluding hydrogens is 466 g/mol. The second kappa shape index (κ2) is 10.1. The van der Waals surface area contributed by atoms with Gasteiger partial charge in [0.2, 0.25) is 0 Å². The minimum Gasteiger partial charge on any atom is -0.461 e. The van der Waals surface area contributed by atoms with E-state index >= 15 is 0 Å². The summed E-state index contributed by atoms with van der Waals surface area (Å²) in [5.41, 5.74) is 3.42.